The maximum atomic E-state index is 11.0. The predicted molar refractivity (Wildman–Crippen MR) is 54.6 cm³/mol. The van der Waals surface area contributed by atoms with Gasteiger partial charge in [-0.25, -0.2) is 0 Å². The lowest BCUT2D eigenvalue weighted by atomic mass is 10.2. The molecule has 6 nitrogen and oxygen atoms in total. The molecule has 2 aliphatic heterocycles. The Bertz CT molecular complexity index is 342. The summed E-state index contributed by atoms with van der Waals surface area (Å²) in [6.45, 7) is 3.46. The minimum absolute atomic E-state index is 0.228. The maximum absolute atomic E-state index is 11.0. The summed E-state index contributed by atoms with van der Waals surface area (Å²) in [5.41, 5.74) is 0. The topological polar surface area (TPSA) is 82.0 Å². The van der Waals surface area contributed by atoms with Crippen LogP contribution in [0.5, 0.6) is 0 Å². The summed E-state index contributed by atoms with van der Waals surface area (Å²) in [5, 5.41) is 21.1. The van der Waals surface area contributed by atoms with Crippen LogP contribution in [0.2, 0.25) is 0 Å². The Labute approximate surface area is 92.8 Å². The standard InChI is InChI=1S/C10H14N2O4/c1-6-11-9(15)2-3-12(6)10-4-7(14)8(5-13)16-10/h2-3,7-8,10,13-14H,1,4-5H2,(H,11,15)/t7?,8-,10-/m1/s1/i13+2. The molecule has 0 spiro atoms. The van der Waals surface area contributed by atoms with E-state index in [1.54, 1.807) is 11.1 Å². The van der Waals surface area contributed by atoms with Crippen molar-refractivity contribution in [1.29, 1.82) is 0 Å². The van der Waals surface area contributed by atoms with Crippen molar-refractivity contribution in [3.8, 4) is 0 Å². The Balaban J connectivity index is 2.07. The van der Waals surface area contributed by atoms with Crippen molar-refractivity contribution in [3.63, 3.8) is 0 Å². The summed E-state index contributed by atoms with van der Waals surface area (Å²) in [6.07, 6.45) is 1.59. The number of carbonyl (C=O) groups is 1. The van der Waals surface area contributed by atoms with E-state index in [-0.39, 0.29) is 12.5 Å². The van der Waals surface area contributed by atoms with Gasteiger partial charge in [-0.1, -0.05) is 6.58 Å². The molecule has 0 radical (unpaired) electrons. The summed E-state index contributed by atoms with van der Waals surface area (Å²) >= 11 is 0. The molecule has 0 aromatic carbocycles. The number of aliphatic hydroxyl groups is 2. The lowest BCUT2D eigenvalue weighted by Gasteiger charge is -2.30. The molecule has 0 saturated carbocycles. The number of ether oxygens (including phenoxy) is 1. The summed E-state index contributed by atoms with van der Waals surface area (Å²) in [6, 6.07) is 0. The van der Waals surface area contributed by atoms with Gasteiger partial charge in [0, 0.05) is 18.7 Å². The smallest absolute Gasteiger partial charge is 0.250 e. The summed E-state index contributed by atoms with van der Waals surface area (Å²) in [4.78, 5) is 12.6. The van der Waals surface area contributed by atoms with Crippen LogP contribution in [0, 0.1) is 0 Å². The van der Waals surface area contributed by atoms with Gasteiger partial charge in [-0.3, -0.25) is 4.79 Å². The molecule has 16 heavy (non-hydrogen) atoms. The molecular weight excluding hydrogens is 214 g/mol. The van der Waals surface area contributed by atoms with E-state index in [2.05, 4.69) is 11.9 Å². The second-order valence-corrected chi connectivity index (χ2v) is 3.77. The Kier molecular flexibility index (Phi) is 2.95. The van der Waals surface area contributed by atoms with Crippen molar-refractivity contribution < 1.29 is 19.7 Å². The third-order valence-corrected chi connectivity index (χ3v) is 2.66. The second-order valence-electron chi connectivity index (χ2n) is 3.77. The van der Waals surface area contributed by atoms with E-state index in [0.717, 1.165) is 0 Å². The Morgan fingerprint density at radius 2 is 2.50 bits per heavy atom. The highest BCUT2D eigenvalue weighted by molar-refractivity contribution is 5.89. The lowest BCUT2D eigenvalue weighted by molar-refractivity contribution is -0.117. The molecule has 0 aromatic rings. The van der Waals surface area contributed by atoms with Gasteiger partial charge >= 0.3 is 0 Å². The highest BCUT2D eigenvalue weighted by Crippen LogP contribution is 2.25. The number of nitrogens with zero attached hydrogens (tertiary/aromatic N) is 1. The van der Waals surface area contributed by atoms with Gasteiger partial charge < -0.3 is 25.2 Å². The van der Waals surface area contributed by atoms with E-state index in [1.165, 1.54) is 6.08 Å². The van der Waals surface area contributed by atoms with Gasteiger partial charge in [-0.05, 0) is 0 Å². The first kappa shape index (κ1) is 11.1. The average molecular weight is 228 g/mol. The first-order chi connectivity index (χ1) is 7.61. The van der Waals surface area contributed by atoms with Crippen molar-refractivity contribution in [2.45, 2.75) is 24.9 Å². The van der Waals surface area contributed by atoms with Gasteiger partial charge in [0.05, 0.1) is 12.7 Å². The summed E-state index contributed by atoms with van der Waals surface area (Å²) in [7, 11) is 0. The molecule has 0 bridgehead atoms. The average Bonchev–Trinajstić information content (AvgIpc) is 2.59. The Hall–Kier alpha value is -1.37. The molecule has 1 fully saturated rings. The minimum Gasteiger partial charge on any atom is -0.394 e. The number of nitrogens with one attached hydrogen (secondary N) is 1. The first-order valence-corrected chi connectivity index (χ1v) is 5.02. The van der Waals surface area contributed by atoms with Gasteiger partial charge in [0.2, 0.25) is 0 Å². The van der Waals surface area contributed by atoms with Crippen LogP contribution in [-0.4, -0.2) is 46.1 Å². The van der Waals surface area contributed by atoms with Gasteiger partial charge in [-0.15, -0.1) is 0 Å². The van der Waals surface area contributed by atoms with Crippen LogP contribution in [-0.2, 0) is 9.53 Å². The highest BCUT2D eigenvalue weighted by atomic mass is 18.2. The monoisotopic (exact) mass is 228 g/mol. The van der Waals surface area contributed by atoms with Crippen molar-refractivity contribution in [3.05, 3.63) is 24.7 Å². The number of carbonyl (C=O) groups excluding carboxylic acids is 1. The number of aliphatic hydroxyl groups excluding tert-OH is 2. The summed E-state index contributed by atoms with van der Waals surface area (Å²) < 4.78 is 5.43. The molecule has 1 unspecified atom stereocenters. The fraction of sp³-hybridized carbons (Fsp3) is 0.500. The number of rotatable bonds is 2. The van der Waals surface area contributed by atoms with Crippen LogP contribution in [0.3, 0.4) is 0 Å². The number of amides is 1. The van der Waals surface area contributed by atoms with Crippen molar-refractivity contribution in [2.75, 3.05) is 6.61 Å². The molecule has 0 aliphatic carbocycles. The quantitative estimate of drug-likeness (QED) is 0.521. The molecule has 0 aromatic heterocycles. The zero-order chi connectivity index (χ0) is 11.7. The van der Waals surface area contributed by atoms with Crippen molar-refractivity contribution >= 4 is 5.91 Å². The normalized spacial score (nSPS) is 34.4. The maximum Gasteiger partial charge on any atom is 0.250 e. The Morgan fingerprint density at radius 3 is 3.06 bits per heavy atom. The predicted octanol–water partition coefficient (Wildman–Crippen LogP) is -1.13. The lowest BCUT2D eigenvalue weighted by Crippen LogP contribution is -2.41. The van der Waals surface area contributed by atoms with Crippen LogP contribution < -0.4 is 5.32 Å². The SMILES string of the molecule is C=C1NC(=O)C=CN1[C@H]1CC(O)[C@@H](C[18OH])O1. The molecule has 1 saturated heterocycles. The molecule has 88 valence electrons. The highest BCUT2D eigenvalue weighted by Gasteiger charge is 2.37. The third kappa shape index (κ3) is 1.95. The van der Waals surface area contributed by atoms with E-state index in [9.17, 15) is 9.90 Å². The van der Waals surface area contributed by atoms with Gasteiger partial charge in [-0.2, -0.15) is 0 Å². The molecule has 2 rings (SSSR count). The molecule has 1 amide bonds. The molecular formula is C10H14N2O4. The van der Waals surface area contributed by atoms with Crippen LogP contribution >= 0.6 is 0 Å². The molecule has 3 N–H and O–H groups in total. The van der Waals surface area contributed by atoms with E-state index in [0.29, 0.717) is 12.2 Å². The van der Waals surface area contributed by atoms with E-state index < -0.39 is 18.4 Å². The van der Waals surface area contributed by atoms with Crippen LogP contribution in [0.15, 0.2) is 24.7 Å². The minimum atomic E-state index is -0.700. The Morgan fingerprint density at radius 1 is 1.75 bits per heavy atom. The van der Waals surface area contributed by atoms with Gasteiger partial charge in [0.1, 0.15) is 18.2 Å². The largest absolute Gasteiger partial charge is 0.394 e. The molecule has 6 heteroatoms. The van der Waals surface area contributed by atoms with Crippen molar-refractivity contribution in [1.82, 2.24) is 10.2 Å². The van der Waals surface area contributed by atoms with Crippen molar-refractivity contribution in [2.24, 2.45) is 0 Å². The van der Waals surface area contributed by atoms with E-state index >= 15 is 0 Å². The van der Waals surface area contributed by atoms with E-state index in [1.807, 2.05) is 0 Å². The first-order valence-electron chi connectivity index (χ1n) is 5.02. The zero-order valence-electron chi connectivity index (χ0n) is 8.67. The molecule has 3 atom stereocenters. The molecule has 2 aliphatic rings. The fourth-order valence-corrected chi connectivity index (χ4v) is 1.81. The zero-order valence-corrected chi connectivity index (χ0v) is 8.67. The number of hydrogen-bond donors (Lipinski definition) is 3. The summed E-state index contributed by atoms with van der Waals surface area (Å²) in [5.74, 6) is 0.168. The van der Waals surface area contributed by atoms with Crippen LogP contribution in [0.1, 0.15) is 6.42 Å². The third-order valence-electron chi connectivity index (χ3n) is 2.66. The molecule has 2 heterocycles. The fourth-order valence-electron chi connectivity index (χ4n) is 1.81. The van der Waals surface area contributed by atoms with Gasteiger partial charge in [0.25, 0.3) is 5.91 Å². The van der Waals surface area contributed by atoms with Gasteiger partial charge in [0.15, 0.2) is 0 Å². The van der Waals surface area contributed by atoms with E-state index in [4.69, 9.17) is 9.84 Å². The number of hydrogen-bond acceptors (Lipinski definition) is 5. The van der Waals surface area contributed by atoms with Crippen LogP contribution in [0.4, 0.5) is 0 Å². The van der Waals surface area contributed by atoms with Crippen LogP contribution in [0.25, 0.3) is 0 Å². The second kappa shape index (κ2) is 4.25.